The smallest absolute Gasteiger partial charge is 0.342 e. The summed E-state index contributed by atoms with van der Waals surface area (Å²) in [5, 5.41) is 4.43. The van der Waals surface area contributed by atoms with Gasteiger partial charge in [0.05, 0.1) is 12.7 Å². The molecule has 1 aromatic carbocycles. The third kappa shape index (κ3) is 4.11. The standard InChI is InChI=1S/C16H16N2O5S/c1-9-3-4-12(22-2)11(7-9)16(21)23-8-13(19)18-15-10(14(17)20)5-6-24-15/h3-7H,8H2,1-2H3,(H2,17,20)(H,18,19). The Balaban J connectivity index is 1.99. The van der Waals surface area contributed by atoms with Crippen molar-refractivity contribution in [2.75, 3.05) is 19.0 Å². The van der Waals surface area contributed by atoms with E-state index >= 15 is 0 Å². The van der Waals surface area contributed by atoms with Crippen LogP contribution in [0.4, 0.5) is 5.00 Å². The molecule has 0 aliphatic heterocycles. The van der Waals surface area contributed by atoms with Crippen LogP contribution in [-0.2, 0) is 9.53 Å². The van der Waals surface area contributed by atoms with Gasteiger partial charge in [0.1, 0.15) is 16.3 Å². The van der Waals surface area contributed by atoms with Crippen LogP contribution in [0.3, 0.4) is 0 Å². The van der Waals surface area contributed by atoms with Crippen molar-refractivity contribution in [1.82, 2.24) is 0 Å². The van der Waals surface area contributed by atoms with Gasteiger partial charge in [0.25, 0.3) is 11.8 Å². The molecule has 2 rings (SSSR count). The van der Waals surface area contributed by atoms with Gasteiger partial charge in [0.2, 0.25) is 0 Å². The topological polar surface area (TPSA) is 108 Å². The molecule has 0 fully saturated rings. The number of thiophene rings is 1. The summed E-state index contributed by atoms with van der Waals surface area (Å²) in [5.41, 5.74) is 6.50. The molecular formula is C16H16N2O5S. The van der Waals surface area contributed by atoms with E-state index < -0.39 is 24.4 Å². The lowest BCUT2D eigenvalue weighted by Crippen LogP contribution is -2.22. The van der Waals surface area contributed by atoms with Gasteiger partial charge < -0.3 is 20.5 Å². The molecule has 0 atom stereocenters. The number of nitrogens with two attached hydrogens (primary N) is 1. The van der Waals surface area contributed by atoms with Crippen LogP contribution >= 0.6 is 11.3 Å². The first-order valence-corrected chi connectivity index (χ1v) is 7.79. The summed E-state index contributed by atoms with van der Waals surface area (Å²) in [4.78, 5) is 35.2. The number of benzene rings is 1. The Morgan fingerprint density at radius 2 is 1.96 bits per heavy atom. The van der Waals surface area contributed by atoms with E-state index in [1.807, 2.05) is 6.92 Å². The molecule has 0 bridgehead atoms. The van der Waals surface area contributed by atoms with E-state index in [1.165, 1.54) is 13.2 Å². The lowest BCUT2D eigenvalue weighted by Gasteiger charge is -2.10. The number of hydrogen-bond donors (Lipinski definition) is 2. The quantitative estimate of drug-likeness (QED) is 0.776. The maximum atomic E-state index is 12.1. The Hall–Kier alpha value is -2.87. The van der Waals surface area contributed by atoms with Crippen LogP contribution in [0, 0.1) is 6.92 Å². The Kier molecular flexibility index (Phi) is 5.54. The van der Waals surface area contributed by atoms with Gasteiger partial charge in [-0.05, 0) is 30.5 Å². The maximum Gasteiger partial charge on any atom is 0.342 e. The molecule has 8 heteroatoms. The number of ether oxygens (including phenoxy) is 2. The molecule has 1 heterocycles. The van der Waals surface area contributed by atoms with E-state index in [2.05, 4.69) is 5.32 Å². The molecule has 0 aliphatic carbocycles. The van der Waals surface area contributed by atoms with Crippen molar-refractivity contribution in [3.8, 4) is 5.75 Å². The number of aryl methyl sites for hydroxylation is 1. The second kappa shape index (κ2) is 7.60. The predicted molar refractivity (Wildman–Crippen MR) is 89.5 cm³/mol. The average Bonchev–Trinajstić information content (AvgIpc) is 3.00. The largest absolute Gasteiger partial charge is 0.496 e. The van der Waals surface area contributed by atoms with Gasteiger partial charge in [-0.15, -0.1) is 11.3 Å². The monoisotopic (exact) mass is 348 g/mol. The summed E-state index contributed by atoms with van der Waals surface area (Å²) in [6.07, 6.45) is 0. The Labute approximate surface area is 142 Å². The minimum absolute atomic E-state index is 0.208. The number of carbonyl (C=O) groups excluding carboxylic acids is 3. The van der Waals surface area contributed by atoms with E-state index in [1.54, 1.807) is 23.6 Å². The van der Waals surface area contributed by atoms with Crippen molar-refractivity contribution < 1.29 is 23.9 Å². The van der Waals surface area contributed by atoms with E-state index in [4.69, 9.17) is 15.2 Å². The first kappa shape index (κ1) is 17.5. The number of carbonyl (C=O) groups is 3. The van der Waals surface area contributed by atoms with Crippen LogP contribution in [0.1, 0.15) is 26.3 Å². The van der Waals surface area contributed by atoms with Gasteiger partial charge in [-0.3, -0.25) is 9.59 Å². The van der Waals surface area contributed by atoms with Gasteiger partial charge in [-0.25, -0.2) is 4.79 Å². The average molecular weight is 348 g/mol. The first-order valence-electron chi connectivity index (χ1n) is 6.91. The van der Waals surface area contributed by atoms with Crippen LogP contribution < -0.4 is 15.8 Å². The van der Waals surface area contributed by atoms with Crippen molar-refractivity contribution in [2.45, 2.75) is 6.92 Å². The molecule has 2 aromatic rings. The van der Waals surface area contributed by atoms with Gasteiger partial charge in [-0.1, -0.05) is 11.6 Å². The maximum absolute atomic E-state index is 12.1. The second-order valence-corrected chi connectivity index (χ2v) is 5.77. The normalized spacial score (nSPS) is 10.1. The zero-order chi connectivity index (χ0) is 17.7. The fraction of sp³-hybridized carbons (Fsp3) is 0.188. The summed E-state index contributed by atoms with van der Waals surface area (Å²) < 4.78 is 10.1. The summed E-state index contributed by atoms with van der Waals surface area (Å²) in [7, 11) is 1.44. The number of amides is 2. The molecule has 3 N–H and O–H groups in total. The second-order valence-electron chi connectivity index (χ2n) is 4.86. The third-order valence-corrected chi connectivity index (χ3v) is 3.92. The van der Waals surface area contributed by atoms with Crippen molar-refractivity contribution >= 4 is 34.1 Å². The number of anilines is 1. The van der Waals surface area contributed by atoms with E-state index in [-0.39, 0.29) is 11.1 Å². The highest BCUT2D eigenvalue weighted by atomic mass is 32.1. The minimum Gasteiger partial charge on any atom is -0.496 e. The molecule has 0 radical (unpaired) electrons. The first-order chi connectivity index (χ1) is 11.4. The molecule has 0 unspecified atom stereocenters. The highest BCUT2D eigenvalue weighted by Gasteiger charge is 2.17. The van der Waals surface area contributed by atoms with Gasteiger partial charge >= 0.3 is 5.97 Å². The fourth-order valence-electron chi connectivity index (χ4n) is 1.95. The van der Waals surface area contributed by atoms with E-state index in [0.717, 1.165) is 16.9 Å². The Morgan fingerprint density at radius 3 is 2.62 bits per heavy atom. The van der Waals surface area contributed by atoms with Crippen molar-refractivity contribution in [3.05, 3.63) is 46.3 Å². The molecule has 24 heavy (non-hydrogen) atoms. The van der Waals surface area contributed by atoms with Gasteiger partial charge in [-0.2, -0.15) is 0 Å². The summed E-state index contributed by atoms with van der Waals surface area (Å²) in [5.74, 6) is -1.53. The molecule has 0 aliphatic rings. The van der Waals surface area contributed by atoms with Gasteiger partial charge in [0.15, 0.2) is 6.61 Å². The Morgan fingerprint density at radius 1 is 1.21 bits per heavy atom. The molecular weight excluding hydrogens is 332 g/mol. The van der Waals surface area contributed by atoms with E-state index in [9.17, 15) is 14.4 Å². The highest BCUT2D eigenvalue weighted by molar-refractivity contribution is 7.14. The number of hydrogen-bond acceptors (Lipinski definition) is 6. The van der Waals surface area contributed by atoms with Crippen molar-refractivity contribution in [3.63, 3.8) is 0 Å². The van der Waals surface area contributed by atoms with Crippen LogP contribution in [0.15, 0.2) is 29.6 Å². The summed E-state index contributed by atoms with van der Waals surface area (Å²) >= 11 is 1.15. The third-order valence-electron chi connectivity index (χ3n) is 3.09. The van der Waals surface area contributed by atoms with E-state index in [0.29, 0.717) is 10.8 Å². The SMILES string of the molecule is COc1ccc(C)cc1C(=O)OCC(=O)Nc1sccc1C(N)=O. The lowest BCUT2D eigenvalue weighted by atomic mass is 10.1. The number of nitrogens with one attached hydrogen (secondary N) is 1. The van der Waals surface area contributed by atoms with Crippen LogP contribution in [-0.4, -0.2) is 31.5 Å². The van der Waals surface area contributed by atoms with Crippen molar-refractivity contribution in [2.24, 2.45) is 5.73 Å². The number of primary amides is 1. The fourth-order valence-corrected chi connectivity index (χ4v) is 2.76. The lowest BCUT2D eigenvalue weighted by molar-refractivity contribution is -0.119. The Bertz CT molecular complexity index is 785. The highest BCUT2D eigenvalue weighted by Crippen LogP contribution is 2.23. The van der Waals surface area contributed by atoms with Crippen LogP contribution in [0.5, 0.6) is 5.75 Å². The van der Waals surface area contributed by atoms with Crippen molar-refractivity contribution in [1.29, 1.82) is 0 Å². The predicted octanol–water partition coefficient (Wildman–Crippen LogP) is 1.96. The summed E-state index contributed by atoms with van der Waals surface area (Å²) in [6.45, 7) is 1.33. The zero-order valence-corrected chi connectivity index (χ0v) is 13.9. The number of esters is 1. The zero-order valence-electron chi connectivity index (χ0n) is 13.1. The molecule has 0 saturated carbocycles. The number of methoxy groups -OCH3 is 1. The van der Waals surface area contributed by atoms with Crippen LogP contribution in [0.2, 0.25) is 0 Å². The van der Waals surface area contributed by atoms with Crippen LogP contribution in [0.25, 0.3) is 0 Å². The van der Waals surface area contributed by atoms with Gasteiger partial charge in [0, 0.05) is 0 Å². The number of rotatable bonds is 6. The molecule has 7 nitrogen and oxygen atoms in total. The molecule has 2 amide bonds. The molecule has 0 spiro atoms. The molecule has 0 saturated heterocycles. The minimum atomic E-state index is -0.674. The molecule has 1 aromatic heterocycles. The summed E-state index contributed by atoms with van der Waals surface area (Å²) in [6, 6.07) is 6.57. The molecule has 126 valence electrons.